The third kappa shape index (κ3) is 1.93. The van der Waals surface area contributed by atoms with Gasteiger partial charge in [-0.2, -0.15) is 9.97 Å². The van der Waals surface area contributed by atoms with Gasteiger partial charge in [-0.3, -0.25) is 4.57 Å². The summed E-state index contributed by atoms with van der Waals surface area (Å²) in [5, 5.41) is 9.53. The molecule has 0 aromatic carbocycles. The molecule has 0 radical (unpaired) electrons. The van der Waals surface area contributed by atoms with Gasteiger partial charge in [0.25, 0.3) is 0 Å². The standard InChI is InChI=1S/C11H16N6O2/c12-8-7-9(16-10(13)15-8)17(11(19)14-7)5-1-3-6(18)4-2-5/h5-6,18H,1-4H2,(H,14,19)(H4,12,13,15,16). The van der Waals surface area contributed by atoms with Gasteiger partial charge in [-0.15, -0.1) is 0 Å². The Morgan fingerprint density at radius 2 is 1.89 bits per heavy atom. The van der Waals surface area contributed by atoms with E-state index in [1.54, 1.807) is 4.57 Å². The van der Waals surface area contributed by atoms with Crippen LogP contribution >= 0.6 is 0 Å². The lowest BCUT2D eigenvalue weighted by molar-refractivity contribution is 0.111. The number of imidazole rings is 1. The highest BCUT2D eigenvalue weighted by molar-refractivity contribution is 5.82. The summed E-state index contributed by atoms with van der Waals surface area (Å²) in [5.74, 6) is 0.225. The van der Waals surface area contributed by atoms with Crippen LogP contribution in [0.5, 0.6) is 0 Å². The van der Waals surface area contributed by atoms with Gasteiger partial charge >= 0.3 is 5.69 Å². The zero-order valence-electron chi connectivity index (χ0n) is 10.3. The highest BCUT2D eigenvalue weighted by Crippen LogP contribution is 2.29. The van der Waals surface area contributed by atoms with E-state index in [2.05, 4.69) is 15.0 Å². The first-order chi connectivity index (χ1) is 9.06. The second-order valence-electron chi connectivity index (χ2n) is 4.93. The Bertz CT molecular complexity index is 668. The van der Waals surface area contributed by atoms with Crippen LogP contribution in [0.1, 0.15) is 31.7 Å². The summed E-state index contributed by atoms with van der Waals surface area (Å²) in [4.78, 5) is 22.7. The molecule has 2 heterocycles. The lowest BCUT2D eigenvalue weighted by Crippen LogP contribution is -2.27. The molecule has 19 heavy (non-hydrogen) atoms. The molecule has 1 aliphatic carbocycles. The quantitative estimate of drug-likeness (QED) is 0.561. The number of aliphatic hydroxyl groups is 1. The van der Waals surface area contributed by atoms with Crippen LogP contribution in [0.25, 0.3) is 11.2 Å². The topological polar surface area (TPSA) is 136 Å². The lowest BCUT2D eigenvalue weighted by Gasteiger charge is -2.25. The molecule has 2 aromatic rings. The van der Waals surface area contributed by atoms with E-state index in [0.29, 0.717) is 24.0 Å². The van der Waals surface area contributed by atoms with Crippen LogP contribution in [-0.4, -0.2) is 30.7 Å². The second kappa shape index (κ2) is 4.23. The molecule has 102 valence electrons. The van der Waals surface area contributed by atoms with Crippen molar-refractivity contribution >= 4 is 22.9 Å². The van der Waals surface area contributed by atoms with E-state index in [-0.39, 0.29) is 29.6 Å². The summed E-state index contributed by atoms with van der Waals surface area (Å²) in [6, 6.07) is 0.0124. The number of nitrogens with zero attached hydrogens (tertiary/aromatic N) is 3. The summed E-state index contributed by atoms with van der Waals surface area (Å²) in [6.45, 7) is 0. The van der Waals surface area contributed by atoms with Gasteiger partial charge in [0, 0.05) is 6.04 Å². The Hall–Kier alpha value is -2.09. The summed E-state index contributed by atoms with van der Waals surface area (Å²) in [6.07, 6.45) is 2.55. The maximum atomic E-state index is 12.1. The number of aromatic nitrogens is 4. The van der Waals surface area contributed by atoms with Crippen LogP contribution in [0, 0.1) is 0 Å². The highest BCUT2D eigenvalue weighted by atomic mass is 16.3. The minimum Gasteiger partial charge on any atom is -0.393 e. The fraction of sp³-hybridized carbons (Fsp3) is 0.545. The van der Waals surface area contributed by atoms with Crippen molar-refractivity contribution in [2.45, 2.75) is 37.8 Å². The minimum absolute atomic E-state index is 0.0124. The van der Waals surface area contributed by atoms with Crippen LogP contribution in [0.15, 0.2) is 4.79 Å². The third-order valence-electron chi connectivity index (χ3n) is 3.65. The molecule has 1 fully saturated rings. The van der Waals surface area contributed by atoms with Crippen molar-refractivity contribution in [2.75, 3.05) is 11.5 Å². The van der Waals surface area contributed by atoms with Crippen molar-refractivity contribution in [1.82, 2.24) is 19.5 Å². The van der Waals surface area contributed by atoms with Crippen molar-refractivity contribution in [1.29, 1.82) is 0 Å². The van der Waals surface area contributed by atoms with Gasteiger partial charge in [-0.25, -0.2) is 4.79 Å². The molecule has 0 amide bonds. The SMILES string of the molecule is Nc1nc(N)c2[nH]c(=O)n(C3CCC(O)CC3)c2n1. The van der Waals surface area contributed by atoms with Crippen LogP contribution < -0.4 is 17.2 Å². The van der Waals surface area contributed by atoms with Crippen molar-refractivity contribution in [2.24, 2.45) is 0 Å². The number of aliphatic hydroxyl groups excluding tert-OH is 1. The van der Waals surface area contributed by atoms with E-state index in [1.165, 1.54) is 0 Å². The summed E-state index contributed by atoms with van der Waals surface area (Å²) in [7, 11) is 0. The van der Waals surface area contributed by atoms with E-state index in [4.69, 9.17) is 11.5 Å². The number of H-pyrrole nitrogens is 1. The third-order valence-corrected chi connectivity index (χ3v) is 3.65. The Labute approximate surface area is 108 Å². The van der Waals surface area contributed by atoms with Gasteiger partial charge in [0.05, 0.1) is 6.10 Å². The molecule has 8 heteroatoms. The molecule has 0 bridgehead atoms. The van der Waals surface area contributed by atoms with E-state index < -0.39 is 0 Å². The van der Waals surface area contributed by atoms with Crippen LogP contribution in [0.2, 0.25) is 0 Å². The smallest absolute Gasteiger partial charge is 0.328 e. The molecule has 8 nitrogen and oxygen atoms in total. The molecule has 0 aliphatic heterocycles. The number of nitrogen functional groups attached to an aromatic ring is 2. The highest BCUT2D eigenvalue weighted by Gasteiger charge is 2.25. The number of nitrogens with two attached hydrogens (primary N) is 2. The molecular weight excluding hydrogens is 248 g/mol. The van der Waals surface area contributed by atoms with Crippen molar-refractivity contribution in [3.63, 3.8) is 0 Å². The first kappa shape index (κ1) is 12.0. The van der Waals surface area contributed by atoms with E-state index >= 15 is 0 Å². The first-order valence-electron chi connectivity index (χ1n) is 6.27. The normalized spacial score (nSPS) is 23.8. The minimum atomic E-state index is -0.276. The second-order valence-corrected chi connectivity index (χ2v) is 4.93. The number of aromatic amines is 1. The fourth-order valence-electron chi connectivity index (χ4n) is 2.70. The number of rotatable bonds is 1. The molecule has 1 aliphatic rings. The number of hydrogen-bond acceptors (Lipinski definition) is 6. The van der Waals surface area contributed by atoms with Gasteiger partial charge in [0.1, 0.15) is 5.52 Å². The van der Waals surface area contributed by atoms with Crippen LogP contribution in [0.3, 0.4) is 0 Å². The van der Waals surface area contributed by atoms with Gasteiger partial charge < -0.3 is 21.6 Å². The average Bonchev–Trinajstić information content (AvgIpc) is 2.67. The molecule has 0 unspecified atom stereocenters. The van der Waals surface area contributed by atoms with E-state index in [9.17, 15) is 9.90 Å². The molecule has 0 saturated heterocycles. The molecule has 1 saturated carbocycles. The fourth-order valence-corrected chi connectivity index (χ4v) is 2.70. The Kier molecular flexibility index (Phi) is 2.67. The molecule has 6 N–H and O–H groups in total. The lowest BCUT2D eigenvalue weighted by atomic mass is 9.93. The van der Waals surface area contributed by atoms with E-state index in [0.717, 1.165) is 12.8 Å². The summed E-state index contributed by atoms with van der Waals surface area (Å²) < 4.78 is 1.58. The summed E-state index contributed by atoms with van der Waals surface area (Å²) in [5.41, 5.74) is 11.9. The zero-order chi connectivity index (χ0) is 13.6. The average molecular weight is 264 g/mol. The molecule has 0 atom stereocenters. The Morgan fingerprint density at radius 3 is 2.58 bits per heavy atom. The van der Waals surface area contributed by atoms with Gasteiger partial charge in [0.2, 0.25) is 5.95 Å². The predicted octanol–water partition coefficient (Wildman–Crippen LogP) is -0.240. The molecule has 2 aromatic heterocycles. The van der Waals surface area contributed by atoms with Gasteiger partial charge in [-0.1, -0.05) is 0 Å². The summed E-state index contributed by atoms with van der Waals surface area (Å²) >= 11 is 0. The number of nitrogens with one attached hydrogen (secondary N) is 1. The van der Waals surface area contributed by atoms with Crippen molar-refractivity contribution in [3.8, 4) is 0 Å². The molecule has 0 spiro atoms. The molecular formula is C11H16N6O2. The van der Waals surface area contributed by atoms with Crippen LogP contribution in [0.4, 0.5) is 11.8 Å². The number of anilines is 2. The van der Waals surface area contributed by atoms with Gasteiger partial charge in [0.15, 0.2) is 11.5 Å². The predicted molar refractivity (Wildman–Crippen MR) is 70.5 cm³/mol. The Balaban J connectivity index is 2.13. The Morgan fingerprint density at radius 1 is 1.21 bits per heavy atom. The first-order valence-corrected chi connectivity index (χ1v) is 6.27. The van der Waals surface area contributed by atoms with Gasteiger partial charge in [-0.05, 0) is 25.7 Å². The van der Waals surface area contributed by atoms with Crippen LogP contribution in [-0.2, 0) is 0 Å². The number of fused-ring (bicyclic) bond motifs is 1. The van der Waals surface area contributed by atoms with E-state index in [1.807, 2.05) is 0 Å². The zero-order valence-corrected chi connectivity index (χ0v) is 10.3. The maximum absolute atomic E-state index is 12.1. The van der Waals surface area contributed by atoms with Crippen molar-refractivity contribution in [3.05, 3.63) is 10.5 Å². The van der Waals surface area contributed by atoms with Crippen molar-refractivity contribution < 1.29 is 5.11 Å². The monoisotopic (exact) mass is 264 g/mol. The molecule has 3 rings (SSSR count). The number of hydrogen-bond donors (Lipinski definition) is 4. The largest absolute Gasteiger partial charge is 0.393 e. The maximum Gasteiger partial charge on any atom is 0.328 e.